The summed E-state index contributed by atoms with van der Waals surface area (Å²) in [5.41, 5.74) is 2.05. The second-order valence-electron chi connectivity index (χ2n) is 5.61. The van der Waals surface area contributed by atoms with Crippen LogP contribution in [0.1, 0.15) is 20.7 Å². The maximum Gasteiger partial charge on any atom is 0.253 e. The Balaban J connectivity index is 1.70. The van der Waals surface area contributed by atoms with E-state index in [2.05, 4.69) is 4.90 Å². The Bertz CT molecular complexity index is 754. The van der Waals surface area contributed by atoms with Crippen molar-refractivity contribution in [2.75, 3.05) is 31.1 Å². The Morgan fingerprint density at radius 1 is 0.917 bits per heavy atom. The number of nitrogens with zero attached hydrogens (tertiary/aromatic N) is 2. The number of amides is 1. The first kappa shape index (κ1) is 16.8. The smallest absolute Gasteiger partial charge is 0.253 e. The van der Waals surface area contributed by atoms with E-state index in [0.717, 1.165) is 12.0 Å². The summed E-state index contributed by atoms with van der Waals surface area (Å²) in [7, 11) is 0. The number of piperazine rings is 1. The lowest BCUT2D eigenvalue weighted by molar-refractivity contribution is 0.0746. The van der Waals surface area contributed by atoms with E-state index in [-0.39, 0.29) is 5.91 Å². The Labute approximate surface area is 150 Å². The van der Waals surface area contributed by atoms with Crippen LogP contribution >= 0.6 is 23.2 Å². The van der Waals surface area contributed by atoms with Gasteiger partial charge in [0.25, 0.3) is 5.91 Å². The number of hydrogen-bond acceptors (Lipinski definition) is 3. The van der Waals surface area contributed by atoms with E-state index < -0.39 is 0 Å². The summed E-state index contributed by atoms with van der Waals surface area (Å²) in [4.78, 5) is 27.6. The van der Waals surface area contributed by atoms with Crippen LogP contribution in [0.25, 0.3) is 0 Å². The van der Waals surface area contributed by atoms with Gasteiger partial charge in [0.15, 0.2) is 6.29 Å². The summed E-state index contributed by atoms with van der Waals surface area (Å²) in [5, 5.41) is 1.20. The summed E-state index contributed by atoms with van der Waals surface area (Å²) >= 11 is 11.9. The van der Waals surface area contributed by atoms with Gasteiger partial charge in [-0.1, -0.05) is 23.2 Å². The normalized spacial score (nSPS) is 14.6. The molecule has 0 N–H and O–H groups in total. The molecule has 0 bridgehead atoms. The predicted molar refractivity (Wildman–Crippen MR) is 96.4 cm³/mol. The lowest BCUT2D eigenvalue weighted by Gasteiger charge is -2.36. The number of hydrogen-bond donors (Lipinski definition) is 0. The highest BCUT2D eigenvalue weighted by atomic mass is 35.5. The number of carbonyl (C=O) groups is 2. The summed E-state index contributed by atoms with van der Waals surface area (Å²) in [6.07, 6.45) is 0.830. The van der Waals surface area contributed by atoms with Crippen LogP contribution in [-0.4, -0.2) is 43.3 Å². The topological polar surface area (TPSA) is 40.6 Å². The van der Waals surface area contributed by atoms with Gasteiger partial charge in [-0.05, 0) is 42.5 Å². The zero-order chi connectivity index (χ0) is 17.1. The minimum atomic E-state index is -0.00646. The monoisotopic (exact) mass is 362 g/mol. The number of carbonyl (C=O) groups excluding carboxylic acids is 2. The number of aldehydes is 1. The molecule has 4 nitrogen and oxygen atoms in total. The molecule has 24 heavy (non-hydrogen) atoms. The molecule has 0 radical (unpaired) electrons. The average molecular weight is 363 g/mol. The van der Waals surface area contributed by atoms with Gasteiger partial charge in [0.2, 0.25) is 0 Å². The molecule has 0 aromatic heterocycles. The largest absolute Gasteiger partial charge is 0.367 e. The Morgan fingerprint density at radius 2 is 1.54 bits per heavy atom. The van der Waals surface area contributed by atoms with Gasteiger partial charge < -0.3 is 9.80 Å². The van der Waals surface area contributed by atoms with E-state index in [1.54, 1.807) is 42.5 Å². The highest BCUT2D eigenvalue weighted by Gasteiger charge is 2.23. The summed E-state index contributed by atoms with van der Waals surface area (Å²) in [6.45, 7) is 2.49. The van der Waals surface area contributed by atoms with Gasteiger partial charge in [0.1, 0.15) is 0 Å². The van der Waals surface area contributed by atoms with Crippen LogP contribution in [0.15, 0.2) is 42.5 Å². The van der Waals surface area contributed by atoms with Crippen molar-refractivity contribution in [3.63, 3.8) is 0 Å². The molecule has 0 spiro atoms. The lowest BCUT2D eigenvalue weighted by Crippen LogP contribution is -2.49. The van der Waals surface area contributed by atoms with Crippen molar-refractivity contribution in [1.29, 1.82) is 0 Å². The van der Waals surface area contributed by atoms with Crippen LogP contribution in [-0.2, 0) is 0 Å². The molecule has 2 aromatic carbocycles. The molecule has 2 aromatic rings. The first-order valence-electron chi connectivity index (χ1n) is 7.63. The van der Waals surface area contributed by atoms with E-state index in [0.29, 0.717) is 47.4 Å². The first-order chi connectivity index (χ1) is 11.6. The second kappa shape index (κ2) is 7.24. The summed E-state index contributed by atoms with van der Waals surface area (Å²) in [6, 6.07) is 12.1. The third-order valence-corrected chi connectivity index (χ3v) is 4.61. The van der Waals surface area contributed by atoms with Gasteiger partial charge in [-0.25, -0.2) is 0 Å². The van der Waals surface area contributed by atoms with E-state index in [9.17, 15) is 9.59 Å². The molecule has 1 aliphatic heterocycles. The predicted octanol–water partition coefficient (Wildman–Crippen LogP) is 3.77. The van der Waals surface area contributed by atoms with Crippen LogP contribution < -0.4 is 4.90 Å². The molecule has 6 heteroatoms. The van der Waals surface area contributed by atoms with E-state index >= 15 is 0 Å². The molecule has 0 unspecified atom stereocenters. The molecular weight excluding hydrogens is 347 g/mol. The minimum Gasteiger partial charge on any atom is -0.367 e. The van der Waals surface area contributed by atoms with Crippen LogP contribution in [0.3, 0.4) is 0 Å². The molecule has 1 heterocycles. The summed E-state index contributed by atoms with van der Waals surface area (Å²) < 4.78 is 0. The standard InChI is InChI=1S/C18H16Cl2N2O2/c19-15-4-1-13(2-5-15)18(24)22-9-7-21(8-10-22)17-11-16(20)6-3-14(17)12-23/h1-6,11-12H,7-10H2. The Morgan fingerprint density at radius 3 is 2.17 bits per heavy atom. The van der Waals surface area contributed by atoms with Crippen molar-refractivity contribution in [1.82, 2.24) is 4.90 Å². The third kappa shape index (κ3) is 3.55. The SMILES string of the molecule is O=Cc1ccc(Cl)cc1N1CCN(C(=O)c2ccc(Cl)cc2)CC1. The molecule has 0 atom stereocenters. The van der Waals surface area contributed by atoms with E-state index in [1.165, 1.54) is 0 Å². The highest BCUT2D eigenvalue weighted by Crippen LogP contribution is 2.25. The van der Waals surface area contributed by atoms with Gasteiger partial charge >= 0.3 is 0 Å². The van der Waals surface area contributed by atoms with Crippen molar-refractivity contribution in [2.24, 2.45) is 0 Å². The zero-order valence-electron chi connectivity index (χ0n) is 12.9. The molecule has 124 valence electrons. The van der Waals surface area contributed by atoms with Gasteiger partial charge in [-0.2, -0.15) is 0 Å². The number of halogens is 2. The summed E-state index contributed by atoms with van der Waals surface area (Å²) in [5.74, 6) is -0.00646. The van der Waals surface area contributed by atoms with Crippen molar-refractivity contribution >= 4 is 41.1 Å². The first-order valence-corrected chi connectivity index (χ1v) is 8.38. The molecule has 1 fully saturated rings. The van der Waals surface area contributed by atoms with E-state index in [1.807, 2.05) is 4.90 Å². The van der Waals surface area contributed by atoms with Gasteiger partial charge in [-0.3, -0.25) is 9.59 Å². The van der Waals surface area contributed by atoms with Crippen molar-refractivity contribution in [2.45, 2.75) is 0 Å². The third-order valence-electron chi connectivity index (χ3n) is 4.12. The maximum atomic E-state index is 12.5. The molecule has 1 amide bonds. The molecular formula is C18H16Cl2N2O2. The fourth-order valence-corrected chi connectivity index (χ4v) is 3.11. The average Bonchev–Trinajstić information content (AvgIpc) is 2.62. The quantitative estimate of drug-likeness (QED) is 0.780. The molecule has 0 saturated carbocycles. The maximum absolute atomic E-state index is 12.5. The van der Waals surface area contributed by atoms with Gasteiger partial charge in [0.05, 0.1) is 0 Å². The van der Waals surface area contributed by atoms with Crippen LogP contribution in [0.4, 0.5) is 5.69 Å². The highest BCUT2D eigenvalue weighted by molar-refractivity contribution is 6.31. The second-order valence-corrected chi connectivity index (χ2v) is 6.48. The van der Waals surface area contributed by atoms with E-state index in [4.69, 9.17) is 23.2 Å². The van der Waals surface area contributed by atoms with Gasteiger partial charge in [0, 0.05) is 53.0 Å². The van der Waals surface area contributed by atoms with Crippen LogP contribution in [0.2, 0.25) is 10.0 Å². The number of rotatable bonds is 3. The molecule has 3 rings (SSSR count). The lowest BCUT2D eigenvalue weighted by atomic mass is 10.1. The van der Waals surface area contributed by atoms with Crippen molar-refractivity contribution < 1.29 is 9.59 Å². The fourth-order valence-electron chi connectivity index (χ4n) is 2.82. The fraction of sp³-hybridized carbons (Fsp3) is 0.222. The minimum absolute atomic E-state index is 0.00646. The van der Waals surface area contributed by atoms with Crippen LogP contribution in [0, 0.1) is 0 Å². The molecule has 1 saturated heterocycles. The van der Waals surface area contributed by atoms with Crippen molar-refractivity contribution in [3.8, 4) is 0 Å². The Kier molecular flexibility index (Phi) is 5.07. The molecule has 0 aliphatic carbocycles. The Hall–Kier alpha value is -2.04. The molecule has 1 aliphatic rings. The number of anilines is 1. The zero-order valence-corrected chi connectivity index (χ0v) is 14.4. The number of benzene rings is 2. The van der Waals surface area contributed by atoms with Crippen molar-refractivity contribution in [3.05, 3.63) is 63.6 Å². The van der Waals surface area contributed by atoms with Crippen LogP contribution in [0.5, 0.6) is 0 Å². The van der Waals surface area contributed by atoms with Gasteiger partial charge in [-0.15, -0.1) is 0 Å².